The number of fused-ring (bicyclic) bond motifs is 1. The van der Waals surface area contributed by atoms with E-state index in [9.17, 15) is 0 Å². The van der Waals surface area contributed by atoms with Gasteiger partial charge in [-0.3, -0.25) is 4.98 Å². The maximum atomic E-state index is 4.74. The highest BCUT2D eigenvalue weighted by Crippen LogP contribution is 2.28. The Labute approximate surface area is 164 Å². The molecule has 28 heavy (non-hydrogen) atoms. The van der Waals surface area contributed by atoms with E-state index < -0.39 is 0 Å². The van der Waals surface area contributed by atoms with E-state index in [-0.39, 0.29) is 0 Å². The Morgan fingerprint density at radius 2 is 1.00 bits per heavy atom. The third kappa shape index (κ3) is 3.17. The predicted molar refractivity (Wildman–Crippen MR) is 116 cm³/mol. The summed E-state index contributed by atoms with van der Waals surface area (Å²) in [6.07, 6.45) is 1.84. The van der Waals surface area contributed by atoms with Crippen LogP contribution in [0.1, 0.15) is 0 Å². The van der Waals surface area contributed by atoms with E-state index in [1.807, 2.05) is 36.5 Å². The molecule has 2 nitrogen and oxygen atoms in total. The summed E-state index contributed by atoms with van der Waals surface area (Å²) in [5, 5.41) is 0. The second-order valence-corrected chi connectivity index (χ2v) is 6.77. The summed E-state index contributed by atoms with van der Waals surface area (Å²) in [4.78, 5) is 9.26. The van der Waals surface area contributed by atoms with Gasteiger partial charge in [-0.1, -0.05) is 84.9 Å². The van der Waals surface area contributed by atoms with Gasteiger partial charge in [-0.25, -0.2) is 4.98 Å². The highest BCUT2D eigenvalue weighted by atomic mass is 14.8. The van der Waals surface area contributed by atoms with E-state index in [1.165, 1.54) is 22.3 Å². The highest BCUT2D eigenvalue weighted by molar-refractivity contribution is 5.78. The molecule has 2 heteroatoms. The zero-order valence-corrected chi connectivity index (χ0v) is 15.3. The first-order valence-electron chi connectivity index (χ1n) is 9.35. The lowest BCUT2D eigenvalue weighted by molar-refractivity contribution is 1.29. The van der Waals surface area contributed by atoms with E-state index in [0.29, 0.717) is 0 Å². The molecule has 5 aromatic rings. The molecule has 0 atom stereocenters. The maximum Gasteiger partial charge on any atom is 0.0894 e. The van der Waals surface area contributed by atoms with Gasteiger partial charge in [-0.2, -0.15) is 0 Å². The van der Waals surface area contributed by atoms with Gasteiger partial charge in [0.2, 0.25) is 0 Å². The summed E-state index contributed by atoms with van der Waals surface area (Å²) < 4.78 is 0. The third-order valence-electron chi connectivity index (χ3n) is 4.93. The second kappa shape index (κ2) is 7.09. The molecule has 0 N–H and O–H groups in total. The topological polar surface area (TPSA) is 25.8 Å². The van der Waals surface area contributed by atoms with Crippen LogP contribution in [0.5, 0.6) is 0 Å². The Bertz CT molecular complexity index is 1240. The minimum Gasteiger partial charge on any atom is -0.252 e. The van der Waals surface area contributed by atoms with Gasteiger partial charge >= 0.3 is 0 Å². The average molecular weight is 358 g/mol. The molecule has 0 spiro atoms. The van der Waals surface area contributed by atoms with Crippen LogP contribution in [-0.4, -0.2) is 9.97 Å². The summed E-state index contributed by atoms with van der Waals surface area (Å²) >= 11 is 0. The SMILES string of the molecule is c1ccc(-c2cccc(-c3ccc(-c4cnc5ccccc5n4)cc3)c2)cc1. The standard InChI is InChI=1S/C26H18N2/c1-2-7-19(8-3-1)22-9-6-10-23(17-22)20-13-15-21(16-14-20)26-18-27-24-11-4-5-12-25(24)28-26/h1-18H. The number of hydrogen-bond acceptors (Lipinski definition) is 2. The van der Waals surface area contributed by atoms with Crippen LogP contribution in [-0.2, 0) is 0 Å². The smallest absolute Gasteiger partial charge is 0.0894 e. The van der Waals surface area contributed by atoms with E-state index in [2.05, 4.69) is 77.8 Å². The van der Waals surface area contributed by atoms with Gasteiger partial charge in [0.25, 0.3) is 0 Å². The molecule has 0 fully saturated rings. The molecule has 132 valence electrons. The van der Waals surface area contributed by atoms with Crippen molar-refractivity contribution in [2.45, 2.75) is 0 Å². The molecular weight excluding hydrogens is 340 g/mol. The summed E-state index contributed by atoms with van der Waals surface area (Å²) in [5.41, 5.74) is 8.65. The van der Waals surface area contributed by atoms with Crippen molar-refractivity contribution >= 4 is 11.0 Å². The van der Waals surface area contributed by atoms with Gasteiger partial charge < -0.3 is 0 Å². The molecule has 1 aromatic heterocycles. The molecule has 4 aromatic carbocycles. The van der Waals surface area contributed by atoms with Crippen molar-refractivity contribution < 1.29 is 0 Å². The van der Waals surface area contributed by atoms with Crippen LogP contribution >= 0.6 is 0 Å². The van der Waals surface area contributed by atoms with Gasteiger partial charge in [0.15, 0.2) is 0 Å². The maximum absolute atomic E-state index is 4.74. The van der Waals surface area contributed by atoms with Crippen molar-refractivity contribution in [1.29, 1.82) is 0 Å². The normalized spacial score (nSPS) is 10.9. The highest BCUT2D eigenvalue weighted by Gasteiger charge is 2.05. The lowest BCUT2D eigenvalue weighted by Gasteiger charge is -2.08. The summed E-state index contributed by atoms with van der Waals surface area (Å²) in [5.74, 6) is 0. The van der Waals surface area contributed by atoms with E-state index >= 15 is 0 Å². The average Bonchev–Trinajstić information content (AvgIpc) is 2.79. The van der Waals surface area contributed by atoms with Crippen molar-refractivity contribution in [3.63, 3.8) is 0 Å². The minimum absolute atomic E-state index is 0.892. The zero-order chi connectivity index (χ0) is 18.8. The van der Waals surface area contributed by atoms with E-state index in [1.54, 1.807) is 0 Å². The minimum atomic E-state index is 0.892. The quantitative estimate of drug-likeness (QED) is 0.362. The lowest BCUT2D eigenvalue weighted by atomic mass is 9.98. The van der Waals surface area contributed by atoms with Crippen LogP contribution in [0.2, 0.25) is 0 Å². The van der Waals surface area contributed by atoms with E-state index in [0.717, 1.165) is 22.3 Å². The molecular formula is C26H18N2. The van der Waals surface area contributed by atoms with Gasteiger partial charge in [-0.05, 0) is 40.5 Å². The lowest BCUT2D eigenvalue weighted by Crippen LogP contribution is -1.88. The third-order valence-corrected chi connectivity index (χ3v) is 4.93. The van der Waals surface area contributed by atoms with Crippen LogP contribution < -0.4 is 0 Å². The van der Waals surface area contributed by atoms with E-state index in [4.69, 9.17) is 4.98 Å². The molecule has 0 saturated carbocycles. The molecule has 0 saturated heterocycles. The van der Waals surface area contributed by atoms with Gasteiger partial charge in [0.1, 0.15) is 0 Å². The molecule has 1 heterocycles. The molecule has 0 unspecified atom stereocenters. The molecule has 0 aliphatic heterocycles. The Morgan fingerprint density at radius 3 is 1.75 bits per heavy atom. The number of rotatable bonds is 3. The summed E-state index contributed by atoms with van der Waals surface area (Å²) in [6.45, 7) is 0. The molecule has 0 radical (unpaired) electrons. The fraction of sp³-hybridized carbons (Fsp3) is 0. The molecule has 5 rings (SSSR count). The molecule has 0 bridgehead atoms. The Kier molecular flexibility index (Phi) is 4.15. The summed E-state index contributed by atoms with van der Waals surface area (Å²) in [7, 11) is 0. The van der Waals surface area contributed by atoms with Crippen LogP contribution in [0, 0.1) is 0 Å². The zero-order valence-electron chi connectivity index (χ0n) is 15.3. The second-order valence-electron chi connectivity index (χ2n) is 6.77. The van der Waals surface area contributed by atoms with Gasteiger partial charge in [0, 0.05) is 5.56 Å². The van der Waals surface area contributed by atoms with Crippen molar-refractivity contribution in [2.75, 3.05) is 0 Å². The largest absolute Gasteiger partial charge is 0.252 e. The van der Waals surface area contributed by atoms with Crippen molar-refractivity contribution in [1.82, 2.24) is 9.97 Å². The molecule has 0 aliphatic carbocycles. The number of benzene rings is 4. The number of nitrogens with zero attached hydrogens (tertiary/aromatic N) is 2. The Morgan fingerprint density at radius 1 is 0.429 bits per heavy atom. The first-order valence-corrected chi connectivity index (χ1v) is 9.35. The van der Waals surface area contributed by atoms with Crippen molar-refractivity contribution in [2.24, 2.45) is 0 Å². The van der Waals surface area contributed by atoms with Crippen molar-refractivity contribution in [3.05, 3.63) is 109 Å². The molecule has 0 amide bonds. The van der Waals surface area contributed by atoms with Gasteiger partial charge in [0.05, 0.1) is 22.9 Å². The fourth-order valence-corrected chi connectivity index (χ4v) is 3.44. The predicted octanol–water partition coefficient (Wildman–Crippen LogP) is 6.63. The van der Waals surface area contributed by atoms with Gasteiger partial charge in [-0.15, -0.1) is 0 Å². The number of aromatic nitrogens is 2. The first kappa shape index (κ1) is 16.4. The van der Waals surface area contributed by atoms with Crippen LogP contribution in [0.3, 0.4) is 0 Å². The van der Waals surface area contributed by atoms with Crippen molar-refractivity contribution in [3.8, 4) is 33.5 Å². The Balaban J connectivity index is 1.48. The summed E-state index contributed by atoms with van der Waals surface area (Å²) in [6, 6.07) is 35.6. The fourth-order valence-electron chi connectivity index (χ4n) is 3.44. The Hall–Kier alpha value is -3.78. The van der Waals surface area contributed by atoms with Crippen LogP contribution in [0.4, 0.5) is 0 Å². The van der Waals surface area contributed by atoms with Crippen LogP contribution in [0.15, 0.2) is 109 Å². The van der Waals surface area contributed by atoms with Crippen LogP contribution in [0.25, 0.3) is 44.5 Å². The molecule has 0 aliphatic rings. The number of hydrogen-bond donors (Lipinski definition) is 0. The monoisotopic (exact) mass is 358 g/mol. The number of para-hydroxylation sites is 2. The first-order chi connectivity index (χ1) is 13.9.